The number of benzene rings is 1. The van der Waals surface area contributed by atoms with Crippen molar-refractivity contribution in [1.82, 2.24) is 0 Å². The summed E-state index contributed by atoms with van der Waals surface area (Å²) in [6, 6.07) is 6.67. The zero-order valence-electron chi connectivity index (χ0n) is 10.4. The van der Waals surface area contributed by atoms with Crippen LogP contribution in [0.2, 0.25) is 0 Å². The Morgan fingerprint density at radius 1 is 1.13 bits per heavy atom. The molecule has 0 aliphatic heterocycles. The number of rotatable bonds is 2. The first kappa shape index (κ1) is 11.9. The monoisotopic (exact) mass is 200 g/mol. The highest BCUT2D eigenvalue weighted by Gasteiger charge is 2.13. The van der Waals surface area contributed by atoms with Crippen LogP contribution in [0, 0.1) is 31.6 Å². The van der Waals surface area contributed by atoms with Crippen LogP contribution in [0.1, 0.15) is 43.4 Å². The van der Waals surface area contributed by atoms with Gasteiger partial charge in [0.1, 0.15) is 0 Å². The molecule has 0 aromatic heterocycles. The molecule has 0 saturated carbocycles. The van der Waals surface area contributed by atoms with Gasteiger partial charge in [-0.1, -0.05) is 43.5 Å². The topological polar surface area (TPSA) is 0 Å². The van der Waals surface area contributed by atoms with Gasteiger partial charge in [-0.05, 0) is 37.8 Å². The molecule has 2 atom stereocenters. The van der Waals surface area contributed by atoms with Crippen molar-refractivity contribution in [1.29, 1.82) is 0 Å². The fourth-order valence-electron chi connectivity index (χ4n) is 1.96. The number of hydrogen-bond donors (Lipinski definition) is 0. The van der Waals surface area contributed by atoms with Gasteiger partial charge in [0.15, 0.2) is 0 Å². The Morgan fingerprint density at radius 3 is 2.33 bits per heavy atom. The normalized spacial score (nSPS) is 13.9. The van der Waals surface area contributed by atoms with E-state index in [2.05, 4.69) is 57.7 Å². The van der Waals surface area contributed by atoms with E-state index in [4.69, 9.17) is 0 Å². The molecule has 1 rings (SSSR count). The fraction of sp³-hybridized carbons (Fsp3) is 0.467. The Hall–Kier alpha value is -1.22. The molecule has 0 aliphatic rings. The van der Waals surface area contributed by atoms with Crippen molar-refractivity contribution in [2.75, 3.05) is 0 Å². The molecule has 0 fully saturated rings. The quantitative estimate of drug-likeness (QED) is 0.631. The van der Waals surface area contributed by atoms with Crippen molar-refractivity contribution >= 4 is 0 Å². The summed E-state index contributed by atoms with van der Waals surface area (Å²) in [6.07, 6.45) is 0. The molecule has 0 nitrogen and oxygen atoms in total. The van der Waals surface area contributed by atoms with Crippen LogP contribution in [0.4, 0.5) is 0 Å². The van der Waals surface area contributed by atoms with Crippen LogP contribution >= 0.6 is 0 Å². The predicted octanol–water partition coefficient (Wildman–Crippen LogP) is 4.07. The van der Waals surface area contributed by atoms with E-state index in [0.29, 0.717) is 11.8 Å². The molecule has 0 saturated heterocycles. The smallest absolute Gasteiger partial charge is 0.0240 e. The summed E-state index contributed by atoms with van der Waals surface area (Å²) < 4.78 is 0. The minimum absolute atomic E-state index is 0.427. The largest absolute Gasteiger partial charge is 0.106 e. The highest BCUT2D eigenvalue weighted by Crippen LogP contribution is 2.26. The number of aryl methyl sites for hydroxylation is 2. The maximum Gasteiger partial charge on any atom is 0.0240 e. The van der Waals surface area contributed by atoms with Gasteiger partial charge >= 0.3 is 0 Å². The van der Waals surface area contributed by atoms with Crippen molar-refractivity contribution in [2.24, 2.45) is 5.92 Å². The highest BCUT2D eigenvalue weighted by molar-refractivity contribution is 5.34. The Bertz CT molecular complexity index is 390. The van der Waals surface area contributed by atoms with Gasteiger partial charge < -0.3 is 0 Å². The van der Waals surface area contributed by atoms with Crippen LogP contribution in [0.3, 0.4) is 0 Å². The molecule has 0 spiro atoms. The van der Waals surface area contributed by atoms with Gasteiger partial charge in [-0.3, -0.25) is 0 Å². The molecule has 0 bridgehead atoms. The van der Waals surface area contributed by atoms with Crippen LogP contribution in [0.25, 0.3) is 0 Å². The van der Waals surface area contributed by atoms with Crippen molar-refractivity contribution in [3.05, 3.63) is 34.9 Å². The third kappa shape index (κ3) is 2.86. The second kappa shape index (κ2) is 5.03. The molecule has 0 amide bonds. The van der Waals surface area contributed by atoms with Crippen LogP contribution in [0.15, 0.2) is 18.2 Å². The summed E-state index contributed by atoms with van der Waals surface area (Å²) in [4.78, 5) is 0. The molecule has 1 aromatic rings. The summed E-state index contributed by atoms with van der Waals surface area (Å²) in [5.41, 5.74) is 4.14. The van der Waals surface area contributed by atoms with Gasteiger partial charge in [0.05, 0.1) is 0 Å². The van der Waals surface area contributed by atoms with Crippen LogP contribution in [-0.2, 0) is 0 Å². The van der Waals surface area contributed by atoms with Crippen molar-refractivity contribution in [3.8, 4) is 11.8 Å². The van der Waals surface area contributed by atoms with Gasteiger partial charge in [0, 0.05) is 5.92 Å². The molecular formula is C15H20. The minimum Gasteiger partial charge on any atom is -0.106 e. The molecule has 15 heavy (non-hydrogen) atoms. The Balaban J connectivity index is 2.99. The summed E-state index contributed by atoms with van der Waals surface area (Å²) >= 11 is 0. The Kier molecular flexibility index (Phi) is 3.97. The highest BCUT2D eigenvalue weighted by atomic mass is 14.2. The Labute approximate surface area is 93.7 Å². The van der Waals surface area contributed by atoms with E-state index in [0.717, 1.165) is 0 Å². The minimum atomic E-state index is 0.427. The standard InChI is InChI=1S/C15H20/c1-6-7-12(3)14(5)15-9-8-11(2)10-13(15)4/h8-10,12,14H,1-5H3. The van der Waals surface area contributed by atoms with E-state index in [-0.39, 0.29) is 0 Å². The molecule has 80 valence electrons. The second-order valence-corrected chi connectivity index (χ2v) is 4.33. The molecule has 0 heteroatoms. The van der Waals surface area contributed by atoms with Gasteiger partial charge in [-0.2, -0.15) is 0 Å². The summed E-state index contributed by atoms with van der Waals surface area (Å²) in [7, 11) is 0. The summed E-state index contributed by atoms with van der Waals surface area (Å²) in [5, 5.41) is 0. The van der Waals surface area contributed by atoms with E-state index in [1.54, 1.807) is 0 Å². The third-order valence-electron chi connectivity index (χ3n) is 3.04. The maximum absolute atomic E-state index is 3.24. The second-order valence-electron chi connectivity index (χ2n) is 4.33. The molecular weight excluding hydrogens is 180 g/mol. The zero-order chi connectivity index (χ0) is 11.4. The molecule has 0 radical (unpaired) electrons. The van der Waals surface area contributed by atoms with Crippen molar-refractivity contribution in [3.63, 3.8) is 0 Å². The first-order chi connectivity index (χ1) is 7.06. The molecule has 0 N–H and O–H groups in total. The summed E-state index contributed by atoms with van der Waals surface area (Å²) in [6.45, 7) is 10.7. The van der Waals surface area contributed by atoms with E-state index in [1.165, 1.54) is 16.7 Å². The lowest BCUT2D eigenvalue weighted by molar-refractivity contribution is 0.607. The van der Waals surface area contributed by atoms with Crippen LogP contribution < -0.4 is 0 Å². The van der Waals surface area contributed by atoms with E-state index < -0.39 is 0 Å². The number of hydrogen-bond acceptors (Lipinski definition) is 0. The van der Waals surface area contributed by atoms with Gasteiger partial charge in [0.25, 0.3) is 0 Å². The fourth-order valence-corrected chi connectivity index (χ4v) is 1.96. The lowest BCUT2D eigenvalue weighted by Gasteiger charge is -2.18. The lowest BCUT2D eigenvalue weighted by atomic mass is 9.86. The Morgan fingerprint density at radius 2 is 1.80 bits per heavy atom. The molecule has 0 heterocycles. The summed E-state index contributed by atoms with van der Waals surface area (Å²) in [5.74, 6) is 7.17. The average molecular weight is 200 g/mol. The molecule has 1 aromatic carbocycles. The first-order valence-corrected chi connectivity index (χ1v) is 5.55. The van der Waals surface area contributed by atoms with E-state index >= 15 is 0 Å². The SMILES string of the molecule is CC#CC(C)C(C)c1ccc(C)cc1C. The van der Waals surface area contributed by atoms with Crippen LogP contribution in [-0.4, -0.2) is 0 Å². The lowest BCUT2D eigenvalue weighted by Crippen LogP contribution is -2.05. The van der Waals surface area contributed by atoms with Crippen molar-refractivity contribution in [2.45, 2.75) is 40.5 Å². The zero-order valence-corrected chi connectivity index (χ0v) is 10.4. The van der Waals surface area contributed by atoms with Gasteiger partial charge in [-0.25, -0.2) is 0 Å². The average Bonchev–Trinajstić information content (AvgIpc) is 2.17. The third-order valence-corrected chi connectivity index (χ3v) is 3.04. The maximum atomic E-state index is 3.24. The van der Waals surface area contributed by atoms with Gasteiger partial charge in [0.2, 0.25) is 0 Å². The van der Waals surface area contributed by atoms with E-state index in [9.17, 15) is 0 Å². The van der Waals surface area contributed by atoms with E-state index in [1.807, 2.05) is 6.92 Å². The molecule has 2 unspecified atom stereocenters. The van der Waals surface area contributed by atoms with Gasteiger partial charge in [-0.15, -0.1) is 5.92 Å². The predicted molar refractivity (Wildman–Crippen MR) is 66.9 cm³/mol. The van der Waals surface area contributed by atoms with Crippen LogP contribution in [0.5, 0.6) is 0 Å². The molecule has 0 aliphatic carbocycles. The first-order valence-electron chi connectivity index (χ1n) is 5.55. The van der Waals surface area contributed by atoms with Crippen molar-refractivity contribution < 1.29 is 0 Å².